The molecular formula is C8H18N2O3. The molecule has 0 saturated carbocycles. The van der Waals surface area contributed by atoms with Crippen LogP contribution in [0.4, 0.5) is 0 Å². The molecule has 0 saturated heterocycles. The molecule has 0 amide bonds. The fraction of sp³-hybridized carbons (Fsp3) is 0.875. The molecular weight excluding hydrogens is 172 g/mol. The van der Waals surface area contributed by atoms with Gasteiger partial charge in [-0.05, 0) is 14.1 Å². The smallest absolute Gasteiger partial charge is 0.306 e. The van der Waals surface area contributed by atoms with E-state index < -0.39 is 12.1 Å². The number of aliphatic hydroxyl groups excluding tert-OH is 1. The summed E-state index contributed by atoms with van der Waals surface area (Å²) in [7, 11) is 3.70. The predicted molar refractivity (Wildman–Crippen MR) is 49.7 cm³/mol. The Morgan fingerprint density at radius 1 is 1.62 bits per heavy atom. The minimum Gasteiger partial charge on any atom is -0.481 e. The maximum atomic E-state index is 10.2. The van der Waals surface area contributed by atoms with Crippen LogP contribution in [-0.2, 0) is 4.79 Å². The van der Waals surface area contributed by atoms with E-state index in [1.807, 2.05) is 19.0 Å². The molecule has 0 aromatic rings. The fourth-order valence-electron chi connectivity index (χ4n) is 1.02. The van der Waals surface area contributed by atoms with Crippen LogP contribution in [0.1, 0.15) is 6.42 Å². The van der Waals surface area contributed by atoms with Gasteiger partial charge in [-0.3, -0.25) is 4.79 Å². The summed E-state index contributed by atoms with van der Waals surface area (Å²) < 4.78 is 0. The van der Waals surface area contributed by atoms with Crippen LogP contribution in [-0.4, -0.2) is 60.9 Å². The number of hydrogen-bond acceptors (Lipinski definition) is 4. The standard InChI is InChI=1S/C8H18N2O3/c1-9-3-4-10(2)6-7(11)5-8(12)13/h7,9,11H,3-6H2,1-2H3,(H,12,13). The molecule has 0 fully saturated rings. The van der Waals surface area contributed by atoms with E-state index in [1.54, 1.807) is 0 Å². The van der Waals surface area contributed by atoms with Crippen LogP contribution in [0.15, 0.2) is 0 Å². The highest BCUT2D eigenvalue weighted by atomic mass is 16.4. The van der Waals surface area contributed by atoms with Gasteiger partial charge < -0.3 is 20.4 Å². The normalized spacial score (nSPS) is 13.2. The van der Waals surface area contributed by atoms with E-state index >= 15 is 0 Å². The summed E-state index contributed by atoms with van der Waals surface area (Å²) in [6, 6.07) is 0. The Bertz CT molecular complexity index is 152. The van der Waals surface area contributed by atoms with Crippen molar-refractivity contribution in [2.75, 3.05) is 33.7 Å². The molecule has 0 aliphatic carbocycles. The molecule has 0 aromatic carbocycles. The third-order valence-corrected chi connectivity index (χ3v) is 1.68. The van der Waals surface area contributed by atoms with Gasteiger partial charge in [0, 0.05) is 19.6 Å². The molecule has 0 aliphatic rings. The lowest BCUT2D eigenvalue weighted by Crippen LogP contribution is -2.34. The zero-order valence-electron chi connectivity index (χ0n) is 8.16. The van der Waals surface area contributed by atoms with Gasteiger partial charge in [0.25, 0.3) is 0 Å². The number of carbonyl (C=O) groups is 1. The Morgan fingerprint density at radius 3 is 2.69 bits per heavy atom. The Labute approximate surface area is 78.4 Å². The zero-order chi connectivity index (χ0) is 10.3. The Balaban J connectivity index is 3.52. The monoisotopic (exact) mass is 190 g/mol. The maximum Gasteiger partial charge on any atom is 0.306 e. The number of nitrogens with zero attached hydrogens (tertiary/aromatic N) is 1. The lowest BCUT2D eigenvalue weighted by molar-refractivity contribution is -0.139. The quantitative estimate of drug-likeness (QED) is 0.479. The minimum absolute atomic E-state index is 0.191. The van der Waals surface area contributed by atoms with Crippen molar-refractivity contribution in [1.82, 2.24) is 10.2 Å². The van der Waals surface area contributed by atoms with E-state index in [-0.39, 0.29) is 6.42 Å². The molecule has 0 aromatic heterocycles. The first-order valence-corrected chi connectivity index (χ1v) is 4.29. The molecule has 0 aliphatic heterocycles. The van der Waals surface area contributed by atoms with Crippen LogP contribution >= 0.6 is 0 Å². The highest BCUT2D eigenvalue weighted by Gasteiger charge is 2.11. The van der Waals surface area contributed by atoms with Gasteiger partial charge in [0.2, 0.25) is 0 Å². The lowest BCUT2D eigenvalue weighted by Gasteiger charge is -2.19. The topological polar surface area (TPSA) is 72.8 Å². The second-order valence-corrected chi connectivity index (χ2v) is 3.12. The summed E-state index contributed by atoms with van der Waals surface area (Å²) in [5, 5.41) is 20.6. The maximum absolute atomic E-state index is 10.2. The molecule has 0 heterocycles. The number of aliphatic hydroxyl groups is 1. The summed E-state index contributed by atoms with van der Waals surface area (Å²) in [5.41, 5.74) is 0. The molecule has 0 bridgehead atoms. The van der Waals surface area contributed by atoms with Crippen molar-refractivity contribution >= 4 is 5.97 Å². The van der Waals surface area contributed by atoms with Crippen molar-refractivity contribution in [3.8, 4) is 0 Å². The predicted octanol–water partition coefficient (Wildman–Crippen LogP) is -1.03. The Kier molecular flexibility index (Phi) is 6.48. The third kappa shape index (κ3) is 7.70. The fourth-order valence-corrected chi connectivity index (χ4v) is 1.02. The van der Waals surface area contributed by atoms with E-state index in [4.69, 9.17) is 5.11 Å². The highest BCUT2D eigenvalue weighted by molar-refractivity contribution is 5.67. The number of nitrogens with one attached hydrogen (secondary N) is 1. The van der Waals surface area contributed by atoms with Crippen molar-refractivity contribution in [2.45, 2.75) is 12.5 Å². The molecule has 1 unspecified atom stereocenters. The molecule has 0 spiro atoms. The van der Waals surface area contributed by atoms with Crippen LogP contribution in [0.3, 0.4) is 0 Å². The summed E-state index contributed by atoms with van der Waals surface area (Å²) in [4.78, 5) is 12.1. The van der Waals surface area contributed by atoms with Crippen molar-refractivity contribution in [3.63, 3.8) is 0 Å². The second-order valence-electron chi connectivity index (χ2n) is 3.12. The van der Waals surface area contributed by atoms with E-state index in [0.29, 0.717) is 6.54 Å². The first-order valence-electron chi connectivity index (χ1n) is 4.29. The zero-order valence-corrected chi connectivity index (χ0v) is 8.16. The van der Waals surface area contributed by atoms with Crippen LogP contribution in [0.5, 0.6) is 0 Å². The van der Waals surface area contributed by atoms with Crippen molar-refractivity contribution in [3.05, 3.63) is 0 Å². The number of aliphatic carboxylic acids is 1. The molecule has 13 heavy (non-hydrogen) atoms. The first kappa shape index (κ1) is 12.3. The summed E-state index contributed by atoms with van der Waals surface area (Å²) in [6.07, 6.45) is -0.969. The summed E-state index contributed by atoms with van der Waals surface area (Å²) >= 11 is 0. The van der Waals surface area contributed by atoms with Crippen LogP contribution in [0.25, 0.3) is 0 Å². The highest BCUT2D eigenvalue weighted by Crippen LogP contribution is 1.94. The summed E-state index contributed by atoms with van der Waals surface area (Å²) in [6.45, 7) is 2.03. The molecule has 1 atom stereocenters. The number of likely N-dealkylation sites (N-methyl/N-ethyl adjacent to an activating group) is 2. The molecule has 0 rings (SSSR count). The number of carboxylic acid groups (broad SMARTS) is 1. The van der Waals surface area contributed by atoms with Crippen molar-refractivity contribution in [2.24, 2.45) is 0 Å². The van der Waals surface area contributed by atoms with E-state index in [9.17, 15) is 9.90 Å². The van der Waals surface area contributed by atoms with Crippen LogP contribution in [0.2, 0.25) is 0 Å². The van der Waals surface area contributed by atoms with Gasteiger partial charge in [0.1, 0.15) is 0 Å². The van der Waals surface area contributed by atoms with Crippen LogP contribution < -0.4 is 5.32 Å². The van der Waals surface area contributed by atoms with Crippen molar-refractivity contribution in [1.29, 1.82) is 0 Å². The Hall–Kier alpha value is -0.650. The average Bonchev–Trinajstić information content (AvgIpc) is 1.98. The van der Waals surface area contributed by atoms with E-state index in [0.717, 1.165) is 13.1 Å². The van der Waals surface area contributed by atoms with Gasteiger partial charge in [-0.25, -0.2) is 0 Å². The second kappa shape index (κ2) is 6.82. The largest absolute Gasteiger partial charge is 0.481 e. The molecule has 0 radical (unpaired) electrons. The molecule has 5 nitrogen and oxygen atoms in total. The number of hydrogen-bond donors (Lipinski definition) is 3. The van der Waals surface area contributed by atoms with Crippen LogP contribution in [0, 0.1) is 0 Å². The van der Waals surface area contributed by atoms with Gasteiger partial charge in [0.05, 0.1) is 12.5 Å². The SMILES string of the molecule is CNCCN(C)CC(O)CC(=O)O. The number of rotatable bonds is 7. The Morgan fingerprint density at radius 2 is 2.23 bits per heavy atom. The number of carboxylic acids is 1. The van der Waals surface area contributed by atoms with Gasteiger partial charge in [-0.1, -0.05) is 0 Å². The van der Waals surface area contributed by atoms with Gasteiger partial charge in [0.15, 0.2) is 0 Å². The molecule has 5 heteroatoms. The van der Waals surface area contributed by atoms with E-state index in [1.165, 1.54) is 0 Å². The summed E-state index contributed by atoms with van der Waals surface area (Å²) in [5.74, 6) is -0.963. The van der Waals surface area contributed by atoms with E-state index in [2.05, 4.69) is 5.32 Å². The molecule has 78 valence electrons. The third-order valence-electron chi connectivity index (χ3n) is 1.68. The minimum atomic E-state index is -0.963. The average molecular weight is 190 g/mol. The molecule has 3 N–H and O–H groups in total. The first-order chi connectivity index (χ1) is 6.06. The van der Waals surface area contributed by atoms with Crippen molar-refractivity contribution < 1.29 is 15.0 Å². The lowest BCUT2D eigenvalue weighted by atomic mass is 10.2. The van der Waals surface area contributed by atoms with Gasteiger partial charge in [-0.2, -0.15) is 0 Å². The van der Waals surface area contributed by atoms with Gasteiger partial charge >= 0.3 is 5.97 Å². The van der Waals surface area contributed by atoms with Gasteiger partial charge in [-0.15, -0.1) is 0 Å².